The van der Waals surface area contributed by atoms with E-state index in [0.717, 1.165) is 25.1 Å². The van der Waals surface area contributed by atoms with Gasteiger partial charge in [0.05, 0.1) is 18.0 Å². The number of carbonyl (C=O) groups is 1. The minimum atomic E-state index is -0.388. The number of nitriles is 1. The Morgan fingerprint density at radius 1 is 1.46 bits per heavy atom. The quantitative estimate of drug-likeness (QED) is 0.675. The van der Waals surface area contributed by atoms with Crippen molar-refractivity contribution in [1.29, 1.82) is 5.26 Å². The lowest BCUT2D eigenvalue weighted by molar-refractivity contribution is -0.117. The molecule has 24 heavy (non-hydrogen) atoms. The Morgan fingerprint density at radius 2 is 2.29 bits per heavy atom. The maximum Gasteiger partial charge on any atom is 0.262 e. The number of carbonyl (C=O) groups excluding carboxylic acids is 1. The molecule has 2 heterocycles. The van der Waals surface area contributed by atoms with E-state index in [1.165, 1.54) is 6.08 Å². The van der Waals surface area contributed by atoms with Crippen LogP contribution in [0.15, 0.2) is 48.3 Å². The number of hydrogen-bond donors (Lipinski definition) is 1. The Morgan fingerprint density at radius 3 is 3.00 bits per heavy atom. The highest BCUT2D eigenvalue weighted by molar-refractivity contribution is 6.01. The Balaban J connectivity index is 1.67. The van der Waals surface area contributed by atoms with Crippen LogP contribution in [0.4, 0.5) is 0 Å². The van der Waals surface area contributed by atoms with Crippen LogP contribution in [0.5, 0.6) is 0 Å². The topological polar surface area (TPSA) is 79.9 Å². The summed E-state index contributed by atoms with van der Waals surface area (Å²) in [7, 11) is 0. The molecule has 1 aromatic heterocycles. The van der Waals surface area contributed by atoms with Gasteiger partial charge in [0.2, 0.25) is 0 Å². The fraction of sp³-hybridized carbons (Fsp3) is 0.278. The number of aromatic nitrogens is 2. The maximum absolute atomic E-state index is 12.1. The van der Waals surface area contributed by atoms with Crippen LogP contribution >= 0.6 is 0 Å². The third-order valence-electron chi connectivity index (χ3n) is 3.81. The summed E-state index contributed by atoms with van der Waals surface area (Å²) < 4.78 is 7.16. The summed E-state index contributed by atoms with van der Waals surface area (Å²) >= 11 is 0. The highest BCUT2D eigenvalue weighted by Gasteiger charge is 2.17. The van der Waals surface area contributed by atoms with Crippen LogP contribution < -0.4 is 5.32 Å². The summed E-state index contributed by atoms with van der Waals surface area (Å²) in [6.07, 6.45) is 6.94. The lowest BCUT2D eigenvalue weighted by atomic mass is 10.2. The molecular weight excluding hydrogens is 304 g/mol. The number of hydrogen-bond acceptors (Lipinski definition) is 4. The first-order valence-electron chi connectivity index (χ1n) is 7.88. The van der Waals surface area contributed by atoms with Gasteiger partial charge in [-0.1, -0.05) is 18.2 Å². The van der Waals surface area contributed by atoms with E-state index >= 15 is 0 Å². The molecule has 1 amide bonds. The van der Waals surface area contributed by atoms with Crippen LogP contribution in [0.25, 0.3) is 11.8 Å². The van der Waals surface area contributed by atoms with Gasteiger partial charge in [0, 0.05) is 24.9 Å². The fourth-order valence-corrected chi connectivity index (χ4v) is 2.56. The zero-order chi connectivity index (χ0) is 16.8. The molecule has 0 spiro atoms. The molecule has 1 aromatic carbocycles. The first kappa shape index (κ1) is 16.0. The number of nitrogens with one attached hydrogen (secondary N) is 1. The molecular formula is C18H18N4O2. The number of nitrogens with zero attached hydrogens (tertiary/aromatic N) is 3. The van der Waals surface area contributed by atoms with Crippen molar-refractivity contribution in [3.05, 3.63) is 53.9 Å². The maximum atomic E-state index is 12.1. The van der Waals surface area contributed by atoms with Gasteiger partial charge in [0.15, 0.2) is 0 Å². The summed E-state index contributed by atoms with van der Waals surface area (Å²) in [5.41, 5.74) is 1.67. The Kier molecular flexibility index (Phi) is 5.04. The van der Waals surface area contributed by atoms with Crippen molar-refractivity contribution in [2.24, 2.45) is 0 Å². The molecule has 3 rings (SSSR count). The Labute approximate surface area is 140 Å². The molecule has 2 aromatic rings. The zero-order valence-electron chi connectivity index (χ0n) is 13.2. The van der Waals surface area contributed by atoms with E-state index in [9.17, 15) is 10.1 Å². The van der Waals surface area contributed by atoms with Crippen molar-refractivity contribution in [3.8, 4) is 11.8 Å². The number of amides is 1. The van der Waals surface area contributed by atoms with E-state index in [-0.39, 0.29) is 17.6 Å². The third-order valence-corrected chi connectivity index (χ3v) is 3.81. The largest absolute Gasteiger partial charge is 0.376 e. The minimum absolute atomic E-state index is 0.0507. The van der Waals surface area contributed by atoms with E-state index < -0.39 is 0 Å². The second-order valence-electron chi connectivity index (χ2n) is 5.57. The van der Waals surface area contributed by atoms with Gasteiger partial charge in [-0.05, 0) is 31.1 Å². The predicted molar refractivity (Wildman–Crippen MR) is 89.1 cm³/mol. The van der Waals surface area contributed by atoms with E-state index in [4.69, 9.17) is 4.74 Å². The van der Waals surface area contributed by atoms with Crippen LogP contribution in [-0.2, 0) is 9.53 Å². The fourth-order valence-electron chi connectivity index (χ4n) is 2.56. The van der Waals surface area contributed by atoms with Gasteiger partial charge in [-0.3, -0.25) is 4.79 Å². The number of rotatable bonds is 5. The van der Waals surface area contributed by atoms with Crippen LogP contribution in [-0.4, -0.2) is 34.9 Å². The summed E-state index contributed by atoms with van der Waals surface area (Å²) in [5, 5.41) is 16.2. The van der Waals surface area contributed by atoms with Crippen molar-refractivity contribution < 1.29 is 9.53 Å². The van der Waals surface area contributed by atoms with Crippen LogP contribution in [0.2, 0.25) is 0 Å². The van der Waals surface area contributed by atoms with Gasteiger partial charge in [0.25, 0.3) is 5.91 Å². The molecule has 1 fully saturated rings. The van der Waals surface area contributed by atoms with Gasteiger partial charge < -0.3 is 10.1 Å². The van der Waals surface area contributed by atoms with Crippen molar-refractivity contribution in [1.82, 2.24) is 15.1 Å². The molecule has 0 saturated carbocycles. The van der Waals surface area contributed by atoms with Gasteiger partial charge in [-0.25, -0.2) is 4.68 Å². The monoisotopic (exact) mass is 322 g/mol. The number of benzene rings is 1. The zero-order valence-corrected chi connectivity index (χ0v) is 13.2. The van der Waals surface area contributed by atoms with Gasteiger partial charge >= 0.3 is 0 Å². The van der Waals surface area contributed by atoms with Crippen LogP contribution in [0.3, 0.4) is 0 Å². The second kappa shape index (κ2) is 7.57. The molecule has 0 bridgehead atoms. The summed E-state index contributed by atoms with van der Waals surface area (Å²) in [6.45, 7) is 1.17. The van der Waals surface area contributed by atoms with Crippen molar-refractivity contribution in [2.45, 2.75) is 18.9 Å². The highest BCUT2D eigenvalue weighted by atomic mass is 16.5. The highest BCUT2D eigenvalue weighted by Crippen LogP contribution is 2.12. The van der Waals surface area contributed by atoms with Crippen molar-refractivity contribution in [3.63, 3.8) is 0 Å². The Hall–Kier alpha value is -2.91. The van der Waals surface area contributed by atoms with E-state index in [1.54, 1.807) is 17.1 Å². The molecule has 0 aliphatic carbocycles. The first-order chi connectivity index (χ1) is 11.8. The molecule has 1 saturated heterocycles. The normalized spacial score (nSPS) is 17.5. The van der Waals surface area contributed by atoms with E-state index in [1.807, 2.05) is 36.4 Å². The third kappa shape index (κ3) is 3.89. The lowest BCUT2D eigenvalue weighted by Crippen LogP contribution is -2.32. The second-order valence-corrected chi connectivity index (χ2v) is 5.57. The molecule has 122 valence electrons. The molecule has 6 heteroatoms. The van der Waals surface area contributed by atoms with Gasteiger partial charge in [-0.2, -0.15) is 10.4 Å². The summed E-state index contributed by atoms with van der Waals surface area (Å²) in [6, 6.07) is 11.6. The lowest BCUT2D eigenvalue weighted by Gasteiger charge is -2.09. The van der Waals surface area contributed by atoms with E-state index in [2.05, 4.69) is 10.4 Å². The average molecular weight is 322 g/mol. The van der Waals surface area contributed by atoms with Crippen molar-refractivity contribution >= 4 is 12.0 Å². The smallest absolute Gasteiger partial charge is 0.262 e. The molecule has 6 nitrogen and oxygen atoms in total. The summed E-state index contributed by atoms with van der Waals surface area (Å²) in [4.78, 5) is 12.1. The average Bonchev–Trinajstić information content (AvgIpc) is 3.30. The standard InChI is InChI=1S/C18H18N4O2/c19-10-15(18(23)20-12-17-7-4-8-24-17)9-14-11-21-22(13-14)16-5-2-1-3-6-16/h1-3,5-6,9,11,13,17H,4,7-8,12H2,(H,20,23)/b15-9+/t17-/m0/s1. The number of para-hydroxylation sites is 1. The first-order valence-corrected chi connectivity index (χ1v) is 7.88. The number of ether oxygens (including phenoxy) is 1. The van der Waals surface area contributed by atoms with Crippen molar-refractivity contribution in [2.75, 3.05) is 13.2 Å². The molecule has 1 atom stereocenters. The predicted octanol–water partition coefficient (Wildman–Crippen LogP) is 2.07. The summed E-state index contributed by atoms with van der Waals surface area (Å²) in [5.74, 6) is -0.388. The minimum Gasteiger partial charge on any atom is -0.376 e. The van der Waals surface area contributed by atoms with Crippen LogP contribution in [0, 0.1) is 11.3 Å². The molecule has 0 radical (unpaired) electrons. The van der Waals surface area contributed by atoms with Gasteiger partial charge in [0.1, 0.15) is 11.6 Å². The van der Waals surface area contributed by atoms with Crippen LogP contribution in [0.1, 0.15) is 18.4 Å². The van der Waals surface area contributed by atoms with E-state index in [0.29, 0.717) is 12.1 Å². The SMILES string of the molecule is N#C/C(=C\c1cnn(-c2ccccc2)c1)C(=O)NC[C@@H]1CCCO1. The molecule has 0 unspecified atom stereocenters. The van der Waals surface area contributed by atoms with Gasteiger partial charge in [-0.15, -0.1) is 0 Å². The molecule has 1 aliphatic rings. The molecule has 1 aliphatic heterocycles. The molecule has 1 N–H and O–H groups in total. The Bertz CT molecular complexity index is 768.